The first-order valence-electron chi connectivity index (χ1n) is 5.57. The summed E-state index contributed by atoms with van der Waals surface area (Å²) < 4.78 is 0. The molecule has 0 aliphatic carbocycles. The SMILES string of the molecule is C/C(=N\Nc1cccc(Cl)c1)c1ccc(Cl)cc1Cl. The maximum atomic E-state index is 6.12. The van der Waals surface area contributed by atoms with Crippen molar-refractivity contribution in [2.45, 2.75) is 6.92 Å². The van der Waals surface area contributed by atoms with Gasteiger partial charge in [-0.05, 0) is 37.3 Å². The van der Waals surface area contributed by atoms with Gasteiger partial charge in [0.05, 0.1) is 16.4 Å². The standard InChI is InChI=1S/C14H11Cl3N2/c1-9(13-6-5-11(16)8-14(13)17)18-19-12-4-2-3-10(15)7-12/h2-8,19H,1H3/b18-9+. The normalized spacial score (nSPS) is 11.5. The van der Waals surface area contributed by atoms with Crippen molar-refractivity contribution >= 4 is 46.2 Å². The molecule has 2 rings (SSSR count). The molecule has 0 radical (unpaired) electrons. The number of hydrogen-bond donors (Lipinski definition) is 1. The van der Waals surface area contributed by atoms with Crippen LogP contribution in [0.4, 0.5) is 5.69 Å². The molecule has 0 amide bonds. The van der Waals surface area contributed by atoms with Crippen LogP contribution in [0.15, 0.2) is 47.6 Å². The van der Waals surface area contributed by atoms with Crippen LogP contribution in [0, 0.1) is 0 Å². The lowest BCUT2D eigenvalue weighted by molar-refractivity contribution is 1.32. The lowest BCUT2D eigenvalue weighted by Gasteiger charge is -2.06. The van der Waals surface area contributed by atoms with Gasteiger partial charge in [0.15, 0.2) is 0 Å². The Morgan fingerprint density at radius 3 is 2.42 bits per heavy atom. The lowest BCUT2D eigenvalue weighted by Crippen LogP contribution is -2.00. The van der Waals surface area contributed by atoms with Crippen molar-refractivity contribution in [1.29, 1.82) is 0 Å². The van der Waals surface area contributed by atoms with Gasteiger partial charge in [-0.1, -0.05) is 46.9 Å². The van der Waals surface area contributed by atoms with Gasteiger partial charge in [0, 0.05) is 15.6 Å². The third-order valence-electron chi connectivity index (χ3n) is 2.50. The van der Waals surface area contributed by atoms with Gasteiger partial charge in [-0.3, -0.25) is 5.43 Å². The largest absolute Gasteiger partial charge is 0.278 e. The quantitative estimate of drug-likeness (QED) is 0.588. The van der Waals surface area contributed by atoms with Crippen LogP contribution in [0.1, 0.15) is 12.5 Å². The summed E-state index contributed by atoms with van der Waals surface area (Å²) in [5.74, 6) is 0. The molecule has 0 aliphatic rings. The molecule has 0 fully saturated rings. The molecule has 0 spiro atoms. The summed E-state index contributed by atoms with van der Waals surface area (Å²) in [6, 6.07) is 12.6. The monoisotopic (exact) mass is 312 g/mol. The first kappa shape index (κ1) is 14.2. The van der Waals surface area contributed by atoms with Crippen LogP contribution in [0.5, 0.6) is 0 Å². The molecule has 0 heterocycles. The molecule has 1 N–H and O–H groups in total. The Labute approximate surface area is 127 Å². The van der Waals surface area contributed by atoms with Crippen LogP contribution in [0.25, 0.3) is 0 Å². The Morgan fingerprint density at radius 1 is 1.00 bits per heavy atom. The summed E-state index contributed by atoms with van der Waals surface area (Å²) >= 11 is 17.9. The van der Waals surface area contributed by atoms with Gasteiger partial charge in [0.2, 0.25) is 0 Å². The van der Waals surface area contributed by atoms with E-state index in [0.29, 0.717) is 15.1 Å². The van der Waals surface area contributed by atoms with E-state index >= 15 is 0 Å². The Balaban J connectivity index is 2.19. The lowest BCUT2D eigenvalue weighted by atomic mass is 10.1. The number of nitrogens with one attached hydrogen (secondary N) is 1. The van der Waals surface area contributed by atoms with Gasteiger partial charge in [-0.25, -0.2) is 0 Å². The maximum Gasteiger partial charge on any atom is 0.0663 e. The zero-order chi connectivity index (χ0) is 13.8. The predicted molar refractivity (Wildman–Crippen MR) is 83.7 cm³/mol. The maximum absolute atomic E-state index is 6.12. The molecular weight excluding hydrogens is 303 g/mol. The molecule has 0 bridgehead atoms. The Morgan fingerprint density at radius 2 is 1.74 bits per heavy atom. The van der Waals surface area contributed by atoms with Crippen LogP contribution in [-0.2, 0) is 0 Å². The highest BCUT2D eigenvalue weighted by molar-refractivity contribution is 6.37. The third-order valence-corrected chi connectivity index (χ3v) is 3.28. The summed E-state index contributed by atoms with van der Waals surface area (Å²) in [5, 5.41) is 6.10. The molecule has 2 aromatic carbocycles. The fourth-order valence-electron chi connectivity index (χ4n) is 1.55. The first-order chi connectivity index (χ1) is 9.06. The Kier molecular flexibility index (Phi) is 4.70. The highest BCUT2D eigenvalue weighted by atomic mass is 35.5. The second-order valence-corrected chi connectivity index (χ2v) is 5.22. The molecule has 0 saturated carbocycles. The van der Waals surface area contributed by atoms with E-state index < -0.39 is 0 Å². The van der Waals surface area contributed by atoms with E-state index in [-0.39, 0.29) is 0 Å². The van der Waals surface area contributed by atoms with Gasteiger partial charge in [-0.2, -0.15) is 5.10 Å². The Bertz CT molecular complexity index is 624. The summed E-state index contributed by atoms with van der Waals surface area (Å²) in [7, 11) is 0. The highest BCUT2D eigenvalue weighted by Crippen LogP contribution is 2.22. The van der Waals surface area contributed by atoms with Gasteiger partial charge in [0.1, 0.15) is 0 Å². The van der Waals surface area contributed by atoms with Crippen molar-refractivity contribution < 1.29 is 0 Å². The number of nitrogens with zero attached hydrogens (tertiary/aromatic N) is 1. The molecule has 0 atom stereocenters. The smallest absolute Gasteiger partial charge is 0.0663 e. The van der Waals surface area contributed by atoms with Crippen molar-refractivity contribution in [3.05, 3.63) is 63.1 Å². The van der Waals surface area contributed by atoms with Crippen molar-refractivity contribution in [3.63, 3.8) is 0 Å². The van der Waals surface area contributed by atoms with Crippen LogP contribution in [0.2, 0.25) is 15.1 Å². The third kappa shape index (κ3) is 3.87. The molecule has 5 heteroatoms. The van der Waals surface area contributed by atoms with Crippen molar-refractivity contribution in [2.24, 2.45) is 5.10 Å². The number of halogens is 3. The minimum absolute atomic E-state index is 0.571. The van der Waals surface area contributed by atoms with E-state index in [9.17, 15) is 0 Å². The zero-order valence-corrected chi connectivity index (χ0v) is 12.4. The summed E-state index contributed by atoms with van der Waals surface area (Å²) in [4.78, 5) is 0. The van der Waals surface area contributed by atoms with Gasteiger partial charge >= 0.3 is 0 Å². The molecule has 0 aromatic heterocycles. The first-order valence-corrected chi connectivity index (χ1v) is 6.71. The fraction of sp³-hybridized carbons (Fsp3) is 0.0714. The van der Waals surface area contributed by atoms with Crippen molar-refractivity contribution in [1.82, 2.24) is 0 Å². The summed E-state index contributed by atoms with van der Waals surface area (Å²) in [6.07, 6.45) is 0. The zero-order valence-electron chi connectivity index (χ0n) is 10.1. The van der Waals surface area contributed by atoms with Gasteiger partial charge < -0.3 is 0 Å². The molecule has 2 nitrogen and oxygen atoms in total. The number of benzene rings is 2. The fourth-order valence-corrected chi connectivity index (χ4v) is 2.29. The van der Waals surface area contributed by atoms with Crippen LogP contribution in [-0.4, -0.2) is 5.71 Å². The van der Waals surface area contributed by atoms with Crippen LogP contribution < -0.4 is 5.43 Å². The second kappa shape index (κ2) is 6.29. The molecule has 19 heavy (non-hydrogen) atoms. The van der Waals surface area contributed by atoms with E-state index in [4.69, 9.17) is 34.8 Å². The molecule has 0 saturated heterocycles. The van der Waals surface area contributed by atoms with E-state index in [2.05, 4.69) is 10.5 Å². The summed E-state index contributed by atoms with van der Waals surface area (Å²) in [5.41, 5.74) is 5.35. The topological polar surface area (TPSA) is 24.4 Å². The molecule has 0 unspecified atom stereocenters. The van der Waals surface area contributed by atoms with Gasteiger partial charge in [-0.15, -0.1) is 0 Å². The second-order valence-electron chi connectivity index (χ2n) is 3.94. The predicted octanol–water partition coefficient (Wildman–Crippen LogP) is 5.48. The van der Waals surface area contributed by atoms with Gasteiger partial charge in [0.25, 0.3) is 0 Å². The summed E-state index contributed by atoms with van der Waals surface area (Å²) in [6.45, 7) is 1.87. The number of anilines is 1. The van der Waals surface area contributed by atoms with E-state index in [1.807, 2.05) is 25.1 Å². The average molecular weight is 314 g/mol. The number of hydrogen-bond acceptors (Lipinski definition) is 2. The molecular formula is C14H11Cl3N2. The molecule has 0 aliphatic heterocycles. The molecule has 2 aromatic rings. The number of rotatable bonds is 3. The molecule has 98 valence electrons. The van der Waals surface area contributed by atoms with Crippen molar-refractivity contribution in [2.75, 3.05) is 5.43 Å². The Hall–Kier alpha value is -1.22. The van der Waals surface area contributed by atoms with Crippen molar-refractivity contribution in [3.8, 4) is 0 Å². The minimum Gasteiger partial charge on any atom is -0.278 e. The number of hydrazone groups is 1. The highest BCUT2D eigenvalue weighted by Gasteiger charge is 2.04. The average Bonchev–Trinajstić information content (AvgIpc) is 2.36. The van der Waals surface area contributed by atoms with E-state index in [1.54, 1.807) is 24.3 Å². The minimum atomic E-state index is 0.571. The van der Waals surface area contributed by atoms with E-state index in [0.717, 1.165) is 17.0 Å². The van der Waals surface area contributed by atoms with Crippen LogP contribution >= 0.6 is 34.8 Å². The van der Waals surface area contributed by atoms with E-state index in [1.165, 1.54) is 0 Å². The van der Waals surface area contributed by atoms with Crippen LogP contribution in [0.3, 0.4) is 0 Å².